The molecule has 1 amide bonds. The smallest absolute Gasteiger partial charge is 0.243 e. The molecule has 3 aromatic rings. The van der Waals surface area contributed by atoms with E-state index < -0.39 is 5.72 Å². The topological polar surface area (TPSA) is 41.9 Å². The standard InChI is InChI=1S/C21H17FN2O2/c1-14(25)24-21(2,18-10-7-15-5-3-4-6-17(15)13-18)26-20(23-24)16-8-11-19(22)12-9-16/h3-13H,1-2H3/t21-/m0/s1. The van der Waals surface area contributed by atoms with Crippen molar-refractivity contribution in [2.24, 2.45) is 5.10 Å². The number of nitrogens with zero attached hydrogens (tertiary/aromatic N) is 2. The highest BCUT2D eigenvalue weighted by molar-refractivity contribution is 5.97. The van der Waals surface area contributed by atoms with E-state index in [9.17, 15) is 9.18 Å². The number of hydrazone groups is 1. The van der Waals surface area contributed by atoms with Crippen molar-refractivity contribution in [3.8, 4) is 0 Å². The van der Waals surface area contributed by atoms with Crippen molar-refractivity contribution >= 4 is 22.6 Å². The second kappa shape index (κ2) is 5.95. The predicted octanol–water partition coefficient (Wildman–Crippen LogP) is 4.39. The Labute approximate surface area is 150 Å². The van der Waals surface area contributed by atoms with Crippen LogP contribution in [0, 0.1) is 5.82 Å². The second-order valence-corrected chi connectivity index (χ2v) is 6.39. The third-order valence-corrected chi connectivity index (χ3v) is 4.56. The van der Waals surface area contributed by atoms with Gasteiger partial charge in [-0.15, -0.1) is 5.10 Å². The van der Waals surface area contributed by atoms with E-state index in [1.807, 2.05) is 42.5 Å². The number of amides is 1. The molecule has 1 aliphatic heterocycles. The van der Waals surface area contributed by atoms with Crippen LogP contribution in [0.5, 0.6) is 0 Å². The van der Waals surface area contributed by atoms with Gasteiger partial charge in [0.15, 0.2) is 0 Å². The first-order valence-electron chi connectivity index (χ1n) is 8.31. The van der Waals surface area contributed by atoms with Gasteiger partial charge in [0.1, 0.15) is 5.82 Å². The Morgan fingerprint density at radius 3 is 2.42 bits per heavy atom. The highest BCUT2D eigenvalue weighted by Gasteiger charge is 2.45. The average molecular weight is 348 g/mol. The number of hydrogen-bond donors (Lipinski definition) is 0. The van der Waals surface area contributed by atoms with E-state index in [1.165, 1.54) is 24.1 Å². The van der Waals surface area contributed by atoms with Gasteiger partial charge in [0.05, 0.1) is 0 Å². The lowest BCUT2D eigenvalue weighted by Gasteiger charge is -2.31. The average Bonchev–Trinajstić information content (AvgIpc) is 3.01. The number of benzene rings is 3. The first-order valence-corrected chi connectivity index (χ1v) is 8.31. The van der Waals surface area contributed by atoms with E-state index in [4.69, 9.17) is 4.74 Å². The van der Waals surface area contributed by atoms with Gasteiger partial charge in [-0.3, -0.25) is 4.79 Å². The summed E-state index contributed by atoms with van der Waals surface area (Å²) in [7, 11) is 0. The Bertz CT molecular complexity index is 1030. The molecule has 1 aliphatic rings. The molecular formula is C21H17FN2O2. The lowest BCUT2D eigenvalue weighted by atomic mass is 9.99. The van der Waals surface area contributed by atoms with Gasteiger partial charge in [-0.05, 0) is 41.1 Å². The highest BCUT2D eigenvalue weighted by Crippen LogP contribution is 2.37. The van der Waals surface area contributed by atoms with Crippen molar-refractivity contribution in [1.29, 1.82) is 0 Å². The molecule has 4 nitrogen and oxygen atoms in total. The summed E-state index contributed by atoms with van der Waals surface area (Å²) in [4.78, 5) is 12.2. The Balaban J connectivity index is 1.78. The highest BCUT2D eigenvalue weighted by atomic mass is 19.1. The van der Waals surface area contributed by atoms with Gasteiger partial charge in [0.25, 0.3) is 0 Å². The third-order valence-electron chi connectivity index (χ3n) is 4.56. The molecule has 0 unspecified atom stereocenters. The zero-order valence-electron chi connectivity index (χ0n) is 14.4. The molecule has 130 valence electrons. The van der Waals surface area contributed by atoms with Crippen LogP contribution < -0.4 is 0 Å². The summed E-state index contributed by atoms with van der Waals surface area (Å²) in [6, 6.07) is 19.7. The van der Waals surface area contributed by atoms with Crippen LogP contribution in [0.25, 0.3) is 10.8 Å². The van der Waals surface area contributed by atoms with Gasteiger partial charge in [-0.1, -0.05) is 36.4 Å². The molecule has 0 radical (unpaired) electrons. The molecule has 1 atom stereocenters. The van der Waals surface area contributed by atoms with E-state index in [1.54, 1.807) is 19.1 Å². The number of fused-ring (bicyclic) bond motifs is 1. The number of ether oxygens (including phenoxy) is 1. The number of carbonyl (C=O) groups is 1. The molecule has 0 fully saturated rings. The van der Waals surface area contributed by atoms with Crippen molar-refractivity contribution in [1.82, 2.24) is 5.01 Å². The summed E-state index contributed by atoms with van der Waals surface area (Å²) in [5.41, 5.74) is 0.356. The van der Waals surface area contributed by atoms with Gasteiger partial charge < -0.3 is 4.74 Å². The summed E-state index contributed by atoms with van der Waals surface area (Å²) in [5, 5.41) is 7.84. The maximum Gasteiger partial charge on any atom is 0.243 e. The summed E-state index contributed by atoms with van der Waals surface area (Å²) in [6.07, 6.45) is 0. The quantitative estimate of drug-likeness (QED) is 0.689. The number of rotatable bonds is 2. The van der Waals surface area contributed by atoms with Crippen molar-refractivity contribution in [3.63, 3.8) is 0 Å². The molecule has 0 bridgehead atoms. The van der Waals surface area contributed by atoms with E-state index in [2.05, 4.69) is 5.10 Å². The Morgan fingerprint density at radius 2 is 1.73 bits per heavy atom. The van der Waals surface area contributed by atoms with Gasteiger partial charge in [0, 0.05) is 25.0 Å². The molecule has 1 heterocycles. The van der Waals surface area contributed by atoms with Crippen LogP contribution >= 0.6 is 0 Å². The molecule has 0 N–H and O–H groups in total. The normalized spacial score (nSPS) is 19.3. The first-order chi connectivity index (χ1) is 12.5. The molecular weight excluding hydrogens is 331 g/mol. The minimum absolute atomic E-state index is 0.238. The summed E-state index contributed by atoms with van der Waals surface area (Å²) in [6.45, 7) is 3.25. The maximum atomic E-state index is 13.2. The first kappa shape index (κ1) is 16.3. The van der Waals surface area contributed by atoms with E-state index >= 15 is 0 Å². The number of halogens is 1. The van der Waals surface area contributed by atoms with Crippen molar-refractivity contribution in [2.45, 2.75) is 19.6 Å². The van der Waals surface area contributed by atoms with Crippen LogP contribution in [-0.2, 0) is 15.3 Å². The van der Waals surface area contributed by atoms with Crippen molar-refractivity contribution < 1.29 is 13.9 Å². The fourth-order valence-corrected chi connectivity index (χ4v) is 3.18. The molecule has 0 aromatic heterocycles. The predicted molar refractivity (Wildman–Crippen MR) is 97.8 cm³/mol. The van der Waals surface area contributed by atoms with Gasteiger partial charge in [-0.25, -0.2) is 4.39 Å². The van der Waals surface area contributed by atoms with Crippen LogP contribution in [-0.4, -0.2) is 16.8 Å². The van der Waals surface area contributed by atoms with Crippen LogP contribution in [0.1, 0.15) is 25.0 Å². The molecule has 5 heteroatoms. The van der Waals surface area contributed by atoms with E-state index in [-0.39, 0.29) is 17.6 Å². The van der Waals surface area contributed by atoms with Crippen LogP contribution in [0.3, 0.4) is 0 Å². The van der Waals surface area contributed by atoms with Crippen LogP contribution in [0.4, 0.5) is 4.39 Å². The van der Waals surface area contributed by atoms with Gasteiger partial charge in [0.2, 0.25) is 17.5 Å². The van der Waals surface area contributed by atoms with Gasteiger partial charge in [-0.2, -0.15) is 5.01 Å². The third kappa shape index (κ3) is 2.62. The van der Waals surface area contributed by atoms with Crippen molar-refractivity contribution in [3.05, 3.63) is 83.7 Å². The molecule has 26 heavy (non-hydrogen) atoms. The fourth-order valence-electron chi connectivity index (χ4n) is 3.18. The second-order valence-electron chi connectivity index (χ2n) is 6.39. The molecule has 0 spiro atoms. The monoisotopic (exact) mass is 348 g/mol. The number of hydrogen-bond acceptors (Lipinski definition) is 3. The van der Waals surface area contributed by atoms with Crippen LogP contribution in [0.2, 0.25) is 0 Å². The summed E-state index contributed by atoms with van der Waals surface area (Å²) < 4.78 is 19.3. The Hall–Kier alpha value is -3.21. The van der Waals surface area contributed by atoms with Gasteiger partial charge >= 0.3 is 0 Å². The molecule has 0 aliphatic carbocycles. The fraction of sp³-hybridized carbons (Fsp3) is 0.143. The van der Waals surface area contributed by atoms with E-state index in [0.717, 1.165) is 16.3 Å². The summed E-state index contributed by atoms with van der Waals surface area (Å²) in [5.74, 6) is -0.290. The maximum absolute atomic E-state index is 13.2. The Kier molecular flexibility index (Phi) is 3.72. The minimum Gasteiger partial charge on any atom is -0.443 e. The zero-order valence-corrected chi connectivity index (χ0v) is 14.4. The molecule has 4 rings (SSSR count). The lowest BCUT2D eigenvalue weighted by molar-refractivity contribution is -0.146. The molecule has 3 aromatic carbocycles. The SMILES string of the molecule is CC(=O)N1N=C(c2ccc(F)cc2)O[C@@]1(C)c1ccc2ccccc2c1. The molecule has 0 saturated carbocycles. The van der Waals surface area contributed by atoms with Crippen LogP contribution in [0.15, 0.2) is 71.8 Å². The minimum atomic E-state index is -1.07. The zero-order chi connectivity index (χ0) is 18.3. The summed E-state index contributed by atoms with van der Waals surface area (Å²) >= 11 is 0. The Morgan fingerprint density at radius 1 is 1.04 bits per heavy atom. The molecule has 0 saturated heterocycles. The number of carbonyl (C=O) groups excluding carboxylic acids is 1. The van der Waals surface area contributed by atoms with Crippen molar-refractivity contribution in [2.75, 3.05) is 0 Å². The van der Waals surface area contributed by atoms with E-state index in [0.29, 0.717) is 5.56 Å². The largest absolute Gasteiger partial charge is 0.443 e. The lowest BCUT2D eigenvalue weighted by Crippen LogP contribution is -2.41.